The lowest BCUT2D eigenvalue weighted by molar-refractivity contribution is -0.155. The largest absolute Gasteiger partial charge is 0.464 e. The van der Waals surface area contributed by atoms with E-state index in [2.05, 4.69) is 67.3 Å². The first-order chi connectivity index (χ1) is 25.4. The number of carbonyl (C=O) groups is 3. The number of nitrogens with zero attached hydrogens (tertiary/aromatic N) is 4. The fraction of sp³-hybridized carbons (Fsp3) is 0.537. The second-order valence-electron chi connectivity index (χ2n) is 16.4. The normalized spacial score (nSPS) is 26.5. The van der Waals surface area contributed by atoms with Crippen molar-refractivity contribution >= 4 is 40.0 Å². The van der Waals surface area contributed by atoms with E-state index in [9.17, 15) is 14.4 Å². The number of fused-ring (bicyclic) bond motifs is 6. The number of carbonyl (C=O) groups excluding carboxylic acids is 3. The van der Waals surface area contributed by atoms with Gasteiger partial charge >= 0.3 is 5.97 Å². The summed E-state index contributed by atoms with van der Waals surface area (Å²) in [5, 5.41) is 8.52. The van der Waals surface area contributed by atoms with Crippen LogP contribution < -0.4 is 10.7 Å². The van der Waals surface area contributed by atoms with Gasteiger partial charge in [-0.2, -0.15) is 0 Å². The number of thiazole rings is 1. The number of esters is 1. The van der Waals surface area contributed by atoms with Crippen LogP contribution in [0, 0.1) is 23.2 Å². The molecule has 6 atom stereocenters. The third-order valence-corrected chi connectivity index (χ3v) is 12.7. The van der Waals surface area contributed by atoms with Gasteiger partial charge in [0.05, 0.1) is 34.8 Å². The summed E-state index contributed by atoms with van der Waals surface area (Å²) in [7, 11) is 1.71. The van der Waals surface area contributed by atoms with Gasteiger partial charge in [-0.15, -0.1) is 11.3 Å². The summed E-state index contributed by atoms with van der Waals surface area (Å²) in [5.41, 5.74) is 9.96. The number of hydrogen-bond acceptors (Lipinski definition) is 9. The zero-order valence-electron chi connectivity index (χ0n) is 31.5. The van der Waals surface area contributed by atoms with Crippen LogP contribution in [-0.4, -0.2) is 69.7 Å². The number of aromatic nitrogens is 3. The fourth-order valence-corrected chi connectivity index (χ4v) is 9.15. The Morgan fingerprint density at radius 3 is 2.68 bits per heavy atom. The van der Waals surface area contributed by atoms with E-state index in [4.69, 9.17) is 19.4 Å². The number of ether oxygens (including phenoxy) is 2. The Labute approximate surface area is 314 Å². The molecule has 0 radical (unpaired) electrons. The molecule has 0 unspecified atom stereocenters. The zero-order valence-corrected chi connectivity index (χ0v) is 32.3. The van der Waals surface area contributed by atoms with E-state index in [1.165, 1.54) is 21.9 Å². The minimum atomic E-state index is -0.825. The molecule has 2 N–H and O–H groups in total. The number of rotatable bonds is 6. The average molecular weight is 739 g/mol. The van der Waals surface area contributed by atoms with Crippen molar-refractivity contribution < 1.29 is 23.9 Å². The molecule has 53 heavy (non-hydrogen) atoms. The number of hydrazine groups is 1. The molecular formula is C41H50N6O5S. The van der Waals surface area contributed by atoms with Gasteiger partial charge in [0, 0.05) is 71.1 Å². The molecule has 0 spiro atoms. The van der Waals surface area contributed by atoms with Crippen LogP contribution in [0.15, 0.2) is 41.9 Å². The molecule has 11 nitrogen and oxygen atoms in total. The number of methoxy groups -OCH3 is 1. The molecule has 5 heterocycles. The molecule has 2 aliphatic carbocycles. The minimum Gasteiger partial charge on any atom is -0.464 e. The maximum absolute atomic E-state index is 14.1. The number of cyclic esters (lactones) is 1. The van der Waals surface area contributed by atoms with Crippen LogP contribution in [0.2, 0.25) is 0 Å². The molecule has 280 valence electrons. The van der Waals surface area contributed by atoms with Crippen molar-refractivity contribution in [2.75, 3.05) is 20.3 Å². The topological polar surface area (TPSA) is 128 Å². The van der Waals surface area contributed by atoms with Gasteiger partial charge in [-0.25, -0.2) is 10.4 Å². The highest BCUT2D eigenvalue weighted by atomic mass is 32.1. The predicted octanol–water partition coefficient (Wildman–Crippen LogP) is 6.42. The molecule has 3 aromatic heterocycles. The Hall–Kier alpha value is -4.13. The van der Waals surface area contributed by atoms with Gasteiger partial charge in [-0.3, -0.25) is 24.4 Å². The van der Waals surface area contributed by atoms with Gasteiger partial charge in [0.1, 0.15) is 12.1 Å². The molecule has 8 rings (SSSR count). The Bertz CT molecular complexity index is 2060. The van der Waals surface area contributed by atoms with Crippen LogP contribution in [0.5, 0.6) is 0 Å². The smallest absolute Gasteiger partial charge is 0.324 e. The van der Waals surface area contributed by atoms with Crippen molar-refractivity contribution in [3.8, 4) is 22.5 Å². The third-order valence-electron chi connectivity index (χ3n) is 11.8. The van der Waals surface area contributed by atoms with Crippen LogP contribution in [-0.2, 0) is 36.7 Å². The van der Waals surface area contributed by atoms with E-state index in [1.54, 1.807) is 7.11 Å². The van der Waals surface area contributed by atoms with Gasteiger partial charge in [0.15, 0.2) is 0 Å². The van der Waals surface area contributed by atoms with Crippen molar-refractivity contribution in [2.45, 2.75) is 97.4 Å². The number of benzene rings is 1. The Morgan fingerprint density at radius 1 is 1.15 bits per heavy atom. The van der Waals surface area contributed by atoms with E-state index >= 15 is 0 Å². The third kappa shape index (κ3) is 6.89. The lowest BCUT2D eigenvalue weighted by Crippen LogP contribution is -2.60. The van der Waals surface area contributed by atoms with E-state index < -0.39 is 17.5 Å². The summed E-state index contributed by atoms with van der Waals surface area (Å²) in [6.45, 7) is 11.1. The van der Waals surface area contributed by atoms with E-state index in [1.807, 2.05) is 24.6 Å². The van der Waals surface area contributed by atoms with Gasteiger partial charge in [-0.05, 0) is 80.7 Å². The second kappa shape index (κ2) is 13.9. The van der Waals surface area contributed by atoms with Crippen LogP contribution in [0.1, 0.15) is 88.7 Å². The van der Waals surface area contributed by atoms with Crippen LogP contribution in [0.3, 0.4) is 0 Å². The van der Waals surface area contributed by atoms with E-state index in [0.717, 1.165) is 57.0 Å². The van der Waals surface area contributed by atoms with Crippen LogP contribution in [0.4, 0.5) is 0 Å². The zero-order chi connectivity index (χ0) is 37.2. The molecule has 4 aromatic rings. The standard InChI is InChI=1S/C41H50N6O5S/c1-22-23(2)35(22)38(48)44-31-18-34-43-32(20-53-34)25-11-14-33-28(17-25)29(19-41(4,5)21-52-40(50)30-10-8-16-46(45-30)39(31)49)37(47(33)26-12-13-26)27-9-7-15-42-36(27)24(3)51-6/h7,9,11,14-15,17,20,22-24,26,30-31,35,45H,8,10,12-13,16,18-19,21H2,1-6H3,(H,44,48)/t22-,23+,24-,30-,31-,35+/m0/s1. The van der Waals surface area contributed by atoms with Crippen molar-refractivity contribution in [3.63, 3.8) is 0 Å². The van der Waals surface area contributed by atoms with E-state index in [-0.39, 0.29) is 54.7 Å². The molecule has 2 amide bonds. The Kier molecular flexibility index (Phi) is 9.43. The molecule has 6 bridgehead atoms. The number of pyridine rings is 1. The average Bonchev–Trinajstić information content (AvgIpc) is 4.01. The first-order valence-corrected chi connectivity index (χ1v) is 20.0. The molecule has 4 aliphatic rings. The fourth-order valence-electron chi connectivity index (χ4n) is 8.30. The molecular weight excluding hydrogens is 689 g/mol. The Balaban J connectivity index is 1.25. The Morgan fingerprint density at radius 2 is 1.94 bits per heavy atom. The summed E-state index contributed by atoms with van der Waals surface area (Å²) < 4.78 is 14.4. The first-order valence-electron chi connectivity index (χ1n) is 19.1. The van der Waals surface area contributed by atoms with E-state index in [0.29, 0.717) is 31.8 Å². The highest BCUT2D eigenvalue weighted by Crippen LogP contribution is 2.48. The molecule has 12 heteroatoms. The number of amides is 2. The SMILES string of the molecule is CO[C@@H](C)c1ncccc1-c1c2c3cc(ccc3n1C1CC1)-c1csc(n1)C[C@H](NC(=O)[C@H]1[C@H](C)[C@@H]1C)C(=O)N1CCC[C@H](N1)C(=O)OCC(C)(C)C2. The molecule has 1 saturated heterocycles. The number of nitrogens with one attached hydrogen (secondary N) is 2. The monoisotopic (exact) mass is 738 g/mol. The summed E-state index contributed by atoms with van der Waals surface area (Å²) in [6, 6.07) is 9.61. The van der Waals surface area contributed by atoms with Crippen molar-refractivity contribution in [1.29, 1.82) is 0 Å². The minimum absolute atomic E-state index is 0.108. The summed E-state index contributed by atoms with van der Waals surface area (Å²) in [5.74, 6) is -0.326. The summed E-state index contributed by atoms with van der Waals surface area (Å²) in [4.78, 5) is 51.1. The molecule has 3 fully saturated rings. The van der Waals surface area contributed by atoms with Gasteiger partial charge in [-0.1, -0.05) is 33.8 Å². The highest BCUT2D eigenvalue weighted by Gasteiger charge is 2.49. The van der Waals surface area contributed by atoms with Gasteiger partial charge in [0.2, 0.25) is 5.91 Å². The maximum atomic E-state index is 14.1. The lowest BCUT2D eigenvalue weighted by Gasteiger charge is -2.35. The van der Waals surface area contributed by atoms with Crippen LogP contribution in [0.25, 0.3) is 33.4 Å². The van der Waals surface area contributed by atoms with Gasteiger partial charge < -0.3 is 19.4 Å². The molecule has 1 aromatic carbocycles. The molecule has 2 aliphatic heterocycles. The quantitative estimate of drug-likeness (QED) is 0.217. The number of hydrogen-bond donors (Lipinski definition) is 2. The van der Waals surface area contributed by atoms with Crippen LogP contribution >= 0.6 is 11.3 Å². The maximum Gasteiger partial charge on any atom is 0.324 e. The second-order valence-corrected chi connectivity index (χ2v) is 17.3. The van der Waals surface area contributed by atoms with Gasteiger partial charge in [0.25, 0.3) is 5.91 Å². The van der Waals surface area contributed by atoms with Crippen molar-refractivity contribution in [3.05, 3.63) is 58.2 Å². The summed E-state index contributed by atoms with van der Waals surface area (Å²) >= 11 is 1.50. The lowest BCUT2D eigenvalue weighted by atomic mass is 9.84. The van der Waals surface area contributed by atoms with Crippen molar-refractivity contribution in [1.82, 2.24) is 30.3 Å². The summed E-state index contributed by atoms with van der Waals surface area (Å²) in [6.07, 6.45) is 5.91. The highest BCUT2D eigenvalue weighted by molar-refractivity contribution is 7.10. The first kappa shape index (κ1) is 35.9. The van der Waals surface area contributed by atoms with Crippen molar-refractivity contribution in [2.24, 2.45) is 23.2 Å². The molecule has 2 saturated carbocycles. The predicted molar refractivity (Wildman–Crippen MR) is 204 cm³/mol.